The third-order valence-electron chi connectivity index (χ3n) is 2.76. The van der Waals surface area contributed by atoms with Gasteiger partial charge in [0.05, 0.1) is 5.60 Å². The average Bonchev–Trinajstić information content (AvgIpc) is 2.15. The Labute approximate surface area is 102 Å². The predicted octanol–water partition coefficient (Wildman–Crippen LogP) is 2.33. The number of aliphatic hydroxyl groups is 1. The van der Waals surface area contributed by atoms with Crippen molar-refractivity contribution in [1.82, 2.24) is 4.98 Å². The van der Waals surface area contributed by atoms with E-state index in [1.54, 1.807) is 18.0 Å². The molecule has 1 saturated heterocycles. The zero-order valence-electron chi connectivity index (χ0n) is 9.08. The second-order valence-corrected chi connectivity index (χ2v) is 5.40. The monoisotopic (exact) mass is 288 g/mol. The number of nitrogens with zero attached hydrogens (tertiary/aromatic N) is 2. The van der Waals surface area contributed by atoms with E-state index in [-0.39, 0.29) is 5.82 Å². The summed E-state index contributed by atoms with van der Waals surface area (Å²) in [5.41, 5.74) is -0.751. The lowest BCUT2D eigenvalue weighted by Gasteiger charge is -2.37. The highest BCUT2D eigenvalue weighted by atomic mass is 79.9. The smallest absolute Gasteiger partial charge is 0.166 e. The lowest BCUT2D eigenvalue weighted by Crippen LogP contribution is -2.46. The van der Waals surface area contributed by atoms with Crippen molar-refractivity contribution < 1.29 is 9.50 Å². The Bertz CT molecular complexity index is 398. The summed E-state index contributed by atoms with van der Waals surface area (Å²) < 4.78 is 14.3. The number of β-amino-alcohol motifs (C(OH)–C–C–N with tert-alkyl or cyclic N) is 1. The van der Waals surface area contributed by atoms with E-state index in [2.05, 4.69) is 20.9 Å². The molecule has 5 heteroatoms. The van der Waals surface area contributed by atoms with Gasteiger partial charge in [-0.1, -0.05) is 0 Å². The van der Waals surface area contributed by atoms with E-state index >= 15 is 0 Å². The molecule has 1 aromatic rings. The molecule has 88 valence electrons. The van der Waals surface area contributed by atoms with E-state index in [1.165, 1.54) is 6.07 Å². The standard InChI is InChI=1S/C11H14BrFN2O/c1-11(16)3-2-4-15(7-11)10-9(13)5-8(12)6-14-10/h5-6,16H,2-4,7H2,1H3. The van der Waals surface area contributed by atoms with Gasteiger partial charge in [0.15, 0.2) is 11.6 Å². The third-order valence-corrected chi connectivity index (χ3v) is 3.20. The first-order valence-electron chi connectivity index (χ1n) is 5.26. The van der Waals surface area contributed by atoms with Gasteiger partial charge >= 0.3 is 0 Å². The SMILES string of the molecule is CC1(O)CCCN(c2ncc(Br)cc2F)C1. The van der Waals surface area contributed by atoms with Crippen molar-refractivity contribution in [3.63, 3.8) is 0 Å². The maximum Gasteiger partial charge on any atom is 0.166 e. The second kappa shape index (κ2) is 4.30. The summed E-state index contributed by atoms with van der Waals surface area (Å²) in [7, 11) is 0. The second-order valence-electron chi connectivity index (χ2n) is 4.48. The quantitative estimate of drug-likeness (QED) is 0.862. The van der Waals surface area contributed by atoms with Crippen LogP contribution in [0.1, 0.15) is 19.8 Å². The van der Waals surface area contributed by atoms with E-state index in [1.807, 2.05) is 0 Å². The molecule has 0 amide bonds. The third kappa shape index (κ3) is 2.52. The van der Waals surface area contributed by atoms with Gasteiger partial charge in [0.1, 0.15) is 0 Å². The summed E-state index contributed by atoms with van der Waals surface area (Å²) in [4.78, 5) is 5.86. The zero-order valence-corrected chi connectivity index (χ0v) is 10.7. The number of rotatable bonds is 1. The highest BCUT2D eigenvalue weighted by molar-refractivity contribution is 9.10. The topological polar surface area (TPSA) is 36.4 Å². The fourth-order valence-electron chi connectivity index (χ4n) is 2.04. The van der Waals surface area contributed by atoms with Gasteiger partial charge in [-0.15, -0.1) is 0 Å². The maximum atomic E-state index is 13.7. The molecule has 0 aliphatic carbocycles. The molecule has 1 unspecified atom stereocenters. The molecule has 0 saturated carbocycles. The van der Waals surface area contributed by atoms with Gasteiger partial charge < -0.3 is 10.0 Å². The summed E-state index contributed by atoms with van der Waals surface area (Å²) in [5.74, 6) is -0.0322. The molecular weight excluding hydrogens is 275 g/mol. The predicted molar refractivity (Wildman–Crippen MR) is 64.0 cm³/mol. The van der Waals surface area contributed by atoms with Crippen LogP contribution >= 0.6 is 15.9 Å². The molecule has 1 aliphatic rings. The number of piperidine rings is 1. The number of anilines is 1. The van der Waals surface area contributed by atoms with Gasteiger partial charge in [0.25, 0.3) is 0 Å². The van der Waals surface area contributed by atoms with Crippen molar-refractivity contribution in [3.05, 3.63) is 22.6 Å². The van der Waals surface area contributed by atoms with Crippen molar-refractivity contribution in [1.29, 1.82) is 0 Å². The Kier molecular flexibility index (Phi) is 3.17. The summed E-state index contributed by atoms with van der Waals surface area (Å²) in [6.45, 7) is 2.94. The Hall–Kier alpha value is -0.680. The van der Waals surface area contributed by atoms with E-state index in [0.717, 1.165) is 19.4 Å². The van der Waals surface area contributed by atoms with Gasteiger partial charge in [0, 0.05) is 23.8 Å². The molecule has 3 nitrogen and oxygen atoms in total. The number of hydrogen-bond acceptors (Lipinski definition) is 3. The Morgan fingerprint density at radius 2 is 2.38 bits per heavy atom. The first kappa shape index (κ1) is 11.8. The van der Waals surface area contributed by atoms with Gasteiger partial charge in [-0.2, -0.15) is 0 Å². The van der Waals surface area contributed by atoms with Crippen LogP contribution in [-0.2, 0) is 0 Å². The van der Waals surface area contributed by atoms with Crippen molar-refractivity contribution in [2.45, 2.75) is 25.4 Å². The lowest BCUT2D eigenvalue weighted by atomic mass is 9.95. The van der Waals surface area contributed by atoms with Crippen LogP contribution in [0.4, 0.5) is 10.2 Å². The molecule has 0 aromatic carbocycles. The molecule has 16 heavy (non-hydrogen) atoms. The molecule has 1 aromatic heterocycles. The molecule has 1 N–H and O–H groups in total. The van der Waals surface area contributed by atoms with Gasteiger partial charge in [-0.3, -0.25) is 0 Å². The van der Waals surface area contributed by atoms with Gasteiger partial charge in [0.2, 0.25) is 0 Å². The number of pyridine rings is 1. The Balaban J connectivity index is 2.23. The molecule has 1 aliphatic heterocycles. The number of halogens is 2. The summed E-state index contributed by atoms with van der Waals surface area (Å²) in [6, 6.07) is 1.39. The molecule has 0 bridgehead atoms. The minimum Gasteiger partial charge on any atom is -0.388 e. The molecule has 2 heterocycles. The fourth-order valence-corrected chi connectivity index (χ4v) is 2.34. The highest BCUT2D eigenvalue weighted by Gasteiger charge is 2.30. The maximum absolute atomic E-state index is 13.7. The molecule has 2 rings (SSSR count). The molecular formula is C11H14BrFN2O. The van der Waals surface area contributed by atoms with Crippen LogP contribution in [0.5, 0.6) is 0 Å². The molecule has 0 spiro atoms. The summed E-state index contributed by atoms with van der Waals surface area (Å²) >= 11 is 3.17. The van der Waals surface area contributed by atoms with Gasteiger partial charge in [-0.05, 0) is 41.8 Å². The minimum absolute atomic E-state index is 0.322. The normalized spacial score (nSPS) is 25.9. The largest absolute Gasteiger partial charge is 0.388 e. The minimum atomic E-state index is -0.751. The molecule has 1 atom stereocenters. The van der Waals surface area contributed by atoms with Crippen LogP contribution in [0, 0.1) is 5.82 Å². The van der Waals surface area contributed by atoms with E-state index in [9.17, 15) is 9.50 Å². The summed E-state index contributed by atoms with van der Waals surface area (Å²) in [6.07, 6.45) is 3.17. The van der Waals surface area contributed by atoms with E-state index in [4.69, 9.17) is 0 Å². The zero-order chi connectivity index (χ0) is 11.8. The van der Waals surface area contributed by atoms with Crippen LogP contribution in [0.2, 0.25) is 0 Å². The van der Waals surface area contributed by atoms with Crippen LogP contribution in [0.3, 0.4) is 0 Å². The van der Waals surface area contributed by atoms with Crippen molar-refractivity contribution in [3.8, 4) is 0 Å². The van der Waals surface area contributed by atoms with Crippen molar-refractivity contribution in [2.24, 2.45) is 0 Å². The first-order valence-corrected chi connectivity index (χ1v) is 6.06. The molecule has 1 fully saturated rings. The highest BCUT2D eigenvalue weighted by Crippen LogP contribution is 2.27. The first-order chi connectivity index (χ1) is 7.48. The molecule has 0 radical (unpaired) electrons. The van der Waals surface area contributed by atoms with Crippen LogP contribution < -0.4 is 4.90 Å². The van der Waals surface area contributed by atoms with Crippen molar-refractivity contribution >= 4 is 21.7 Å². The van der Waals surface area contributed by atoms with E-state index in [0.29, 0.717) is 16.8 Å². The van der Waals surface area contributed by atoms with E-state index < -0.39 is 5.60 Å². The van der Waals surface area contributed by atoms with Crippen molar-refractivity contribution in [2.75, 3.05) is 18.0 Å². The average molecular weight is 289 g/mol. The van der Waals surface area contributed by atoms with Crippen LogP contribution in [0.15, 0.2) is 16.7 Å². The number of hydrogen-bond donors (Lipinski definition) is 1. The van der Waals surface area contributed by atoms with Gasteiger partial charge in [-0.25, -0.2) is 9.37 Å². The Morgan fingerprint density at radius 1 is 1.62 bits per heavy atom. The number of aromatic nitrogens is 1. The Morgan fingerprint density at radius 3 is 3.00 bits per heavy atom. The summed E-state index contributed by atoms with van der Waals surface area (Å²) in [5, 5.41) is 9.95. The van der Waals surface area contributed by atoms with Crippen LogP contribution in [-0.4, -0.2) is 28.8 Å². The lowest BCUT2D eigenvalue weighted by molar-refractivity contribution is 0.0445. The fraction of sp³-hybridized carbons (Fsp3) is 0.545. The van der Waals surface area contributed by atoms with Crippen LogP contribution in [0.25, 0.3) is 0 Å².